The lowest BCUT2D eigenvalue weighted by atomic mass is 9.78. The lowest BCUT2D eigenvalue weighted by Gasteiger charge is -2.35. The summed E-state index contributed by atoms with van der Waals surface area (Å²) in [5.41, 5.74) is 0.349. The largest absolute Gasteiger partial charge is 0.384 e. The Balaban J connectivity index is 0.00000288. The first-order chi connectivity index (χ1) is 11.1. The Kier molecular flexibility index (Phi) is 8.62. The van der Waals surface area contributed by atoms with Crippen molar-refractivity contribution in [3.63, 3.8) is 0 Å². The highest BCUT2D eigenvalue weighted by molar-refractivity contribution is 5.85. The van der Waals surface area contributed by atoms with Crippen LogP contribution in [0.1, 0.15) is 24.5 Å². The zero-order valence-corrected chi connectivity index (χ0v) is 15.0. The van der Waals surface area contributed by atoms with Gasteiger partial charge < -0.3 is 20.1 Å². The zero-order chi connectivity index (χ0) is 16.7. The highest BCUT2D eigenvalue weighted by atomic mass is 35.5. The molecular weight excluding hydrogens is 335 g/mol. The van der Waals surface area contributed by atoms with Crippen LogP contribution in [0.5, 0.6) is 0 Å². The second-order valence-electron chi connectivity index (χ2n) is 5.95. The van der Waals surface area contributed by atoms with Crippen LogP contribution in [-0.4, -0.2) is 46.4 Å². The van der Waals surface area contributed by atoms with Crippen molar-refractivity contribution in [2.24, 2.45) is 5.41 Å². The number of amides is 1. The molecule has 1 aromatic rings. The van der Waals surface area contributed by atoms with Crippen LogP contribution >= 0.6 is 12.4 Å². The van der Waals surface area contributed by atoms with Gasteiger partial charge >= 0.3 is 0 Å². The van der Waals surface area contributed by atoms with Gasteiger partial charge in [-0.1, -0.05) is 12.1 Å². The SMILES string of the molecule is COCC1(C(=O)NCC(OC)c2ccc(F)cc2)CCNCC1.Cl. The van der Waals surface area contributed by atoms with Crippen LogP contribution < -0.4 is 10.6 Å². The number of carbonyl (C=O) groups excluding carboxylic acids is 1. The molecule has 1 atom stereocenters. The van der Waals surface area contributed by atoms with Gasteiger partial charge in [-0.3, -0.25) is 4.79 Å². The molecule has 0 bridgehead atoms. The molecule has 0 aliphatic carbocycles. The molecule has 7 heteroatoms. The highest BCUT2D eigenvalue weighted by Gasteiger charge is 2.39. The molecule has 2 N–H and O–H groups in total. The number of nitrogens with one attached hydrogen (secondary N) is 2. The van der Waals surface area contributed by atoms with E-state index < -0.39 is 5.41 Å². The molecule has 1 amide bonds. The maximum atomic E-state index is 13.0. The van der Waals surface area contributed by atoms with Crippen LogP contribution in [0.3, 0.4) is 0 Å². The monoisotopic (exact) mass is 360 g/mol. The molecule has 0 aromatic heterocycles. The van der Waals surface area contributed by atoms with E-state index in [-0.39, 0.29) is 30.2 Å². The number of halogens is 2. The molecule has 5 nitrogen and oxygen atoms in total. The second kappa shape index (κ2) is 9.93. The Bertz CT molecular complexity index is 502. The van der Waals surface area contributed by atoms with Crippen molar-refractivity contribution in [2.75, 3.05) is 40.5 Å². The van der Waals surface area contributed by atoms with Gasteiger partial charge in [-0.25, -0.2) is 4.39 Å². The summed E-state index contributed by atoms with van der Waals surface area (Å²) in [5, 5.41) is 6.24. The van der Waals surface area contributed by atoms with Gasteiger partial charge in [0, 0.05) is 20.8 Å². The smallest absolute Gasteiger partial charge is 0.228 e. The number of piperidine rings is 1. The third kappa shape index (κ3) is 5.14. The van der Waals surface area contributed by atoms with Crippen molar-refractivity contribution in [2.45, 2.75) is 18.9 Å². The van der Waals surface area contributed by atoms with Crippen molar-refractivity contribution in [3.05, 3.63) is 35.6 Å². The van der Waals surface area contributed by atoms with Crippen molar-refractivity contribution < 1.29 is 18.7 Å². The molecule has 136 valence electrons. The number of methoxy groups -OCH3 is 2. The topological polar surface area (TPSA) is 59.6 Å². The summed E-state index contributed by atoms with van der Waals surface area (Å²) in [6.45, 7) is 2.37. The molecule has 1 unspecified atom stereocenters. The lowest BCUT2D eigenvalue weighted by Crippen LogP contribution is -2.50. The lowest BCUT2D eigenvalue weighted by molar-refractivity contribution is -0.136. The second-order valence-corrected chi connectivity index (χ2v) is 5.95. The van der Waals surface area contributed by atoms with E-state index in [9.17, 15) is 9.18 Å². The van der Waals surface area contributed by atoms with E-state index in [4.69, 9.17) is 9.47 Å². The number of benzene rings is 1. The van der Waals surface area contributed by atoms with Gasteiger partial charge in [-0.15, -0.1) is 12.4 Å². The number of hydrogen-bond donors (Lipinski definition) is 2. The Morgan fingerprint density at radius 1 is 1.29 bits per heavy atom. The maximum absolute atomic E-state index is 13.0. The molecule has 1 aliphatic rings. The first kappa shape index (κ1) is 20.8. The number of carbonyl (C=O) groups is 1. The van der Waals surface area contributed by atoms with Crippen molar-refractivity contribution in [1.29, 1.82) is 0 Å². The van der Waals surface area contributed by atoms with Gasteiger partial charge in [0.1, 0.15) is 5.82 Å². The molecule has 1 heterocycles. The fraction of sp³-hybridized carbons (Fsp3) is 0.588. The summed E-state index contributed by atoms with van der Waals surface area (Å²) in [7, 11) is 3.20. The van der Waals surface area contributed by atoms with Gasteiger partial charge in [0.2, 0.25) is 5.91 Å². The molecule has 0 radical (unpaired) electrons. The quantitative estimate of drug-likeness (QED) is 0.781. The molecule has 0 spiro atoms. The molecular formula is C17H26ClFN2O3. The fourth-order valence-corrected chi connectivity index (χ4v) is 3.01. The molecule has 1 saturated heterocycles. The van der Waals surface area contributed by atoms with Gasteiger partial charge in [-0.2, -0.15) is 0 Å². The number of ether oxygens (including phenoxy) is 2. The number of hydrogen-bond acceptors (Lipinski definition) is 4. The Morgan fingerprint density at radius 2 is 1.92 bits per heavy atom. The van der Waals surface area contributed by atoms with Crippen LogP contribution in [0.15, 0.2) is 24.3 Å². The minimum atomic E-state index is -0.485. The van der Waals surface area contributed by atoms with Crippen LogP contribution in [0.4, 0.5) is 4.39 Å². The van der Waals surface area contributed by atoms with E-state index in [1.807, 2.05) is 0 Å². The highest BCUT2D eigenvalue weighted by Crippen LogP contribution is 2.29. The Hall–Kier alpha value is -1.21. The summed E-state index contributed by atoms with van der Waals surface area (Å²) >= 11 is 0. The maximum Gasteiger partial charge on any atom is 0.228 e. The zero-order valence-electron chi connectivity index (χ0n) is 14.1. The van der Waals surface area contributed by atoms with Gasteiger partial charge in [0.25, 0.3) is 0 Å². The molecule has 24 heavy (non-hydrogen) atoms. The van der Waals surface area contributed by atoms with E-state index in [0.717, 1.165) is 31.5 Å². The summed E-state index contributed by atoms with van der Waals surface area (Å²) in [6, 6.07) is 6.13. The average molecular weight is 361 g/mol. The van der Waals surface area contributed by atoms with Gasteiger partial charge in [0.05, 0.1) is 18.1 Å². The average Bonchev–Trinajstić information content (AvgIpc) is 2.58. The first-order valence-corrected chi connectivity index (χ1v) is 7.87. The minimum absolute atomic E-state index is 0. The summed E-state index contributed by atoms with van der Waals surface area (Å²) in [6.07, 6.45) is 1.20. The van der Waals surface area contributed by atoms with Gasteiger partial charge in [-0.05, 0) is 43.6 Å². The van der Waals surface area contributed by atoms with E-state index in [1.54, 1.807) is 26.4 Å². The van der Waals surface area contributed by atoms with Crippen molar-refractivity contribution >= 4 is 18.3 Å². The van der Waals surface area contributed by atoms with Crippen LogP contribution in [0.25, 0.3) is 0 Å². The normalized spacial score (nSPS) is 17.6. The third-order valence-corrected chi connectivity index (χ3v) is 4.44. The predicted molar refractivity (Wildman–Crippen MR) is 92.8 cm³/mol. The van der Waals surface area contributed by atoms with Crippen molar-refractivity contribution in [1.82, 2.24) is 10.6 Å². The Labute approximate surface area is 148 Å². The predicted octanol–water partition coefficient (Wildman–Crippen LogP) is 2.07. The molecule has 0 saturated carbocycles. The minimum Gasteiger partial charge on any atom is -0.384 e. The molecule has 2 rings (SSSR count). The summed E-state index contributed by atoms with van der Waals surface area (Å²) < 4.78 is 23.7. The fourth-order valence-electron chi connectivity index (χ4n) is 3.01. The van der Waals surface area contributed by atoms with Crippen LogP contribution in [0, 0.1) is 11.2 Å². The molecule has 1 aromatic carbocycles. The van der Waals surface area contributed by atoms with E-state index in [0.29, 0.717) is 13.2 Å². The molecule has 1 fully saturated rings. The number of rotatable bonds is 7. The van der Waals surface area contributed by atoms with E-state index in [2.05, 4.69) is 10.6 Å². The van der Waals surface area contributed by atoms with E-state index >= 15 is 0 Å². The van der Waals surface area contributed by atoms with Crippen molar-refractivity contribution in [3.8, 4) is 0 Å². The standard InChI is InChI=1S/C17H25FN2O3.ClH/c1-22-12-17(7-9-19-10-8-17)16(21)20-11-15(23-2)13-3-5-14(18)6-4-13;/h3-6,15,19H,7-12H2,1-2H3,(H,20,21);1H. The van der Waals surface area contributed by atoms with Crippen LogP contribution in [-0.2, 0) is 14.3 Å². The van der Waals surface area contributed by atoms with Gasteiger partial charge in [0.15, 0.2) is 0 Å². The molecule has 1 aliphatic heterocycles. The van der Waals surface area contributed by atoms with E-state index in [1.165, 1.54) is 12.1 Å². The summed E-state index contributed by atoms with van der Waals surface area (Å²) in [5.74, 6) is -0.300. The first-order valence-electron chi connectivity index (χ1n) is 7.87. The third-order valence-electron chi connectivity index (χ3n) is 4.44. The Morgan fingerprint density at radius 3 is 2.46 bits per heavy atom. The summed E-state index contributed by atoms with van der Waals surface area (Å²) in [4.78, 5) is 12.7. The van der Waals surface area contributed by atoms with Crippen LogP contribution in [0.2, 0.25) is 0 Å².